The van der Waals surface area contributed by atoms with Crippen molar-refractivity contribution in [1.29, 1.82) is 0 Å². The fourth-order valence-corrected chi connectivity index (χ4v) is 3.96. The molecule has 12 nitrogen and oxygen atoms in total. The van der Waals surface area contributed by atoms with Crippen molar-refractivity contribution in [2.45, 2.75) is 51.2 Å². The summed E-state index contributed by atoms with van der Waals surface area (Å²) in [5.41, 5.74) is 8.21. The van der Waals surface area contributed by atoms with Crippen LogP contribution in [0, 0.1) is 5.92 Å². The third-order valence-electron chi connectivity index (χ3n) is 5.83. The van der Waals surface area contributed by atoms with E-state index in [2.05, 4.69) is 30.9 Å². The molecule has 0 fully saturated rings. The number of fused-ring (bicyclic) bond motifs is 1. The molecule has 37 heavy (non-hydrogen) atoms. The number of aromatic amines is 2. The SMILES string of the molecule is CC(C)CC(NC(=O)C(Cc1c[nH]c2ccccc12)NC(=O)CNC(=O)C(N)Cc1cnc[nH]1)C(=O)O. The quantitative estimate of drug-likeness (QED) is 0.170. The van der Waals surface area contributed by atoms with Gasteiger partial charge in [0.1, 0.15) is 12.1 Å². The highest BCUT2D eigenvalue weighted by atomic mass is 16.4. The second-order valence-corrected chi connectivity index (χ2v) is 9.32. The molecule has 0 aliphatic heterocycles. The number of hydrogen-bond acceptors (Lipinski definition) is 6. The van der Waals surface area contributed by atoms with E-state index in [9.17, 15) is 24.3 Å². The highest BCUT2D eigenvalue weighted by Gasteiger charge is 2.28. The standard InChI is InChI=1S/C25H33N7O5/c1-14(2)7-21(25(36)37)32-24(35)20(8-15-10-28-19-6-4-3-5-17(15)19)31-22(33)12-29-23(34)18(26)9-16-11-27-13-30-16/h3-6,10-11,13-14,18,20-21,28H,7-9,12,26H2,1-2H3,(H,27,30)(H,29,34)(H,31,33)(H,32,35)(H,36,37). The lowest BCUT2D eigenvalue weighted by atomic mass is 10.0. The van der Waals surface area contributed by atoms with Crippen molar-refractivity contribution in [3.63, 3.8) is 0 Å². The molecule has 3 amide bonds. The Bertz CT molecular complexity index is 1220. The van der Waals surface area contributed by atoms with Crippen LogP contribution in [0.1, 0.15) is 31.5 Å². The molecule has 0 saturated carbocycles. The van der Waals surface area contributed by atoms with Crippen molar-refractivity contribution in [2.75, 3.05) is 6.54 Å². The average molecular weight is 512 g/mol. The number of nitrogens with zero attached hydrogens (tertiary/aromatic N) is 1. The zero-order valence-corrected chi connectivity index (χ0v) is 20.8. The fraction of sp³-hybridized carbons (Fsp3) is 0.400. The maximum absolute atomic E-state index is 13.1. The van der Waals surface area contributed by atoms with Crippen molar-refractivity contribution in [3.8, 4) is 0 Å². The van der Waals surface area contributed by atoms with Crippen LogP contribution < -0.4 is 21.7 Å². The number of rotatable bonds is 13. The Kier molecular flexibility index (Phi) is 9.39. The van der Waals surface area contributed by atoms with E-state index in [4.69, 9.17) is 5.73 Å². The van der Waals surface area contributed by atoms with E-state index in [-0.39, 0.29) is 25.2 Å². The van der Waals surface area contributed by atoms with Crippen molar-refractivity contribution >= 4 is 34.6 Å². The lowest BCUT2D eigenvalue weighted by molar-refractivity contribution is -0.142. The maximum atomic E-state index is 13.1. The summed E-state index contributed by atoms with van der Waals surface area (Å²) in [6.07, 6.45) is 5.34. The second kappa shape index (κ2) is 12.7. The number of amides is 3. The predicted molar refractivity (Wildman–Crippen MR) is 136 cm³/mol. The van der Waals surface area contributed by atoms with Crippen LogP contribution in [-0.2, 0) is 32.0 Å². The van der Waals surface area contributed by atoms with E-state index in [1.807, 2.05) is 38.1 Å². The second-order valence-electron chi connectivity index (χ2n) is 9.32. The molecule has 0 saturated heterocycles. The van der Waals surface area contributed by atoms with Crippen LogP contribution in [-0.4, -0.2) is 68.4 Å². The Hall–Kier alpha value is -4.19. The molecule has 1 aromatic carbocycles. The number of carboxylic acids is 1. The number of carbonyl (C=O) groups is 4. The van der Waals surface area contributed by atoms with Crippen LogP contribution in [0.3, 0.4) is 0 Å². The van der Waals surface area contributed by atoms with E-state index in [0.717, 1.165) is 16.5 Å². The minimum absolute atomic E-state index is 0.0317. The highest BCUT2D eigenvalue weighted by molar-refractivity contribution is 5.93. The Balaban J connectivity index is 1.68. The first kappa shape index (κ1) is 27.4. The predicted octanol–water partition coefficient (Wildman–Crippen LogP) is 0.220. The Morgan fingerprint density at radius 3 is 2.46 bits per heavy atom. The van der Waals surface area contributed by atoms with Gasteiger partial charge in [0.2, 0.25) is 17.7 Å². The summed E-state index contributed by atoms with van der Waals surface area (Å²) >= 11 is 0. The van der Waals surface area contributed by atoms with Crippen LogP contribution in [0.4, 0.5) is 0 Å². The molecule has 3 atom stereocenters. The number of nitrogens with two attached hydrogens (primary N) is 1. The number of imidazole rings is 1. The summed E-state index contributed by atoms with van der Waals surface area (Å²) in [4.78, 5) is 59.7. The van der Waals surface area contributed by atoms with E-state index in [0.29, 0.717) is 5.69 Å². The molecule has 3 aromatic rings. The molecule has 3 rings (SSSR count). The largest absolute Gasteiger partial charge is 0.480 e. The van der Waals surface area contributed by atoms with Gasteiger partial charge in [-0.25, -0.2) is 9.78 Å². The van der Waals surface area contributed by atoms with Gasteiger partial charge in [-0.05, 0) is 24.0 Å². The smallest absolute Gasteiger partial charge is 0.326 e. The first-order valence-electron chi connectivity index (χ1n) is 12.0. The summed E-state index contributed by atoms with van der Waals surface area (Å²) in [6, 6.07) is 4.43. The van der Waals surface area contributed by atoms with Gasteiger partial charge in [-0.3, -0.25) is 14.4 Å². The molecule has 0 radical (unpaired) electrons. The zero-order valence-electron chi connectivity index (χ0n) is 20.8. The molecule has 0 aliphatic rings. The number of hydrogen-bond donors (Lipinski definition) is 7. The van der Waals surface area contributed by atoms with Gasteiger partial charge < -0.3 is 36.8 Å². The zero-order chi connectivity index (χ0) is 26.9. The summed E-state index contributed by atoms with van der Waals surface area (Å²) in [5, 5.41) is 18.1. The lowest BCUT2D eigenvalue weighted by Crippen LogP contribution is -2.54. The molecule has 8 N–H and O–H groups in total. The number of carbonyl (C=O) groups excluding carboxylic acids is 3. The van der Waals surface area contributed by atoms with E-state index in [1.54, 1.807) is 12.4 Å². The lowest BCUT2D eigenvalue weighted by Gasteiger charge is -2.22. The minimum atomic E-state index is -1.15. The third-order valence-corrected chi connectivity index (χ3v) is 5.83. The van der Waals surface area contributed by atoms with Crippen molar-refractivity contribution in [3.05, 3.63) is 54.2 Å². The minimum Gasteiger partial charge on any atom is -0.480 e. The number of carboxylic acid groups (broad SMARTS) is 1. The summed E-state index contributed by atoms with van der Waals surface area (Å²) < 4.78 is 0. The van der Waals surface area contributed by atoms with Gasteiger partial charge in [0.25, 0.3) is 0 Å². The van der Waals surface area contributed by atoms with E-state index >= 15 is 0 Å². The van der Waals surface area contributed by atoms with Gasteiger partial charge >= 0.3 is 5.97 Å². The first-order chi connectivity index (χ1) is 17.6. The van der Waals surface area contributed by atoms with Crippen molar-refractivity contribution in [1.82, 2.24) is 30.9 Å². The Morgan fingerprint density at radius 1 is 1.03 bits per heavy atom. The topological polar surface area (TPSA) is 195 Å². The molecule has 12 heteroatoms. The summed E-state index contributed by atoms with van der Waals surface area (Å²) in [6.45, 7) is 3.31. The number of H-pyrrole nitrogens is 2. The molecule has 2 heterocycles. The number of aromatic nitrogens is 3. The molecule has 2 aromatic heterocycles. The number of aliphatic carboxylic acids is 1. The fourth-order valence-electron chi connectivity index (χ4n) is 3.96. The van der Waals surface area contributed by atoms with Gasteiger partial charge in [0.05, 0.1) is 18.9 Å². The normalized spacial score (nSPS) is 13.6. The third kappa shape index (κ3) is 7.90. The number of benzene rings is 1. The molecule has 0 aliphatic carbocycles. The van der Waals surface area contributed by atoms with Gasteiger partial charge in [0.15, 0.2) is 0 Å². The first-order valence-corrected chi connectivity index (χ1v) is 12.0. The van der Waals surface area contributed by atoms with Crippen LogP contribution >= 0.6 is 0 Å². The summed E-state index contributed by atoms with van der Waals surface area (Å²) in [5.74, 6) is -2.90. The molecule has 0 spiro atoms. The van der Waals surface area contributed by atoms with E-state index in [1.165, 1.54) is 6.33 Å². The van der Waals surface area contributed by atoms with Gasteiger partial charge in [-0.15, -0.1) is 0 Å². The monoisotopic (exact) mass is 511 g/mol. The Labute approximate surface area is 213 Å². The molecule has 198 valence electrons. The number of nitrogens with one attached hydrogen (secondary N) is 5. The summed E-state index contributed by atoms with van der Waals surface area (Å²) in [7, 11) is 0. The highest BCUT2D eigenvalue weighted by Crippen LogP contribution is 2.19. The van der Waals surface area contributed by atoms with Crippen LogP contribution in [0.5, 0.6) is 0 Å². The maximum Gasteiger partial charge on any atom is 0.326 e. The van der Waals surface area contributed by atoms with Crippen molar-refractivity contribution in [2.24, 2.45) is 11.7 Å². The number of para-hydroxylation sites is 1. The van der Waals surface area contributed by atoms with Crippen LogP contribution in [0.15, 0.2) is 43.0 Å². The Morgan fingerprint density at radius 2 is 1.78 bits per heavy atom. The van der Waals surface area contributed by atoms with Crippen LogP contribution in [0.2, 0.25) is 0 Å². The van der Waals surface area contributed by atoms with Gasteiger partial charge in [-0.1, -0.05) is 32.0 Å². The molecular formula is C25H33N7O5. The molecular weight excluding hydrogens is 478 g/mol. The van der Waals surface area contributed by atoms with E-state index < -0.39 is 48.4 Å². The van der Waals surface area contributed by atoms with Gasteiger partial charge in [-0.2, -0.15) is 0 Å². The van der Waals surface area contributed by atoms with Crippen LogP contribution in [0.25, 0.3) is 10.9 Å². The average Bonchev–Trinajstić information content (AvgIpc) is 3.51. The van der Waals surface area contributed by atoms with Crippen molar-refractivity contribution < 1.29 is 24.3 Å². The van der Waals surface area contributed by atoms with Gasteiger partial charge in [0, 0.05) is 41.8 Å². The molecule has 3 unspecified atom stereocenters. The molecule has 0 bridgehead atoms.